The minimum Gasteiger partial charge on any atom is -0.481 e. The molecule has 0 aliphatic rings. The number of aromatic nitrogens is 1. The van der Waals surface area contributed by atoms with Gasteiger partial charge in [0.25, 0.3) is 0 Å². The standard InChI is InChI=1S/C8H9NO5/c1-4(2-7(10)11)6-3-5(8(12)13)9-14-6/h3-4H,2H2,1H3,(H,10,11)(H,12,13). The summed E-state index contributed by atoms with van der Waals surface area (Å²) < 4.78 is 4.69. The Labute approximate surface area is 79.1 Å². The van der Waals surface area contributed by atoms with E-state index < -0.39 is 11.9 Å². The molecule has 0 fully saturated rings. The van der Waals surface area contributed by atoms with Gasteiger partial charge in [-0.15, -0.1) is 0 Å². The van der Waals surface area contributed by atoms with Crippen molar-refractivity contribution < 1.29 is 24.3 Å². The van der Waals surface area contributed by atoms with E-state index in [2.05, 4.69) is 5.16 Å². The van der Waals surface area contributed by atoms with E-state index in [1.54, 1.807) is 6.92 Å². The fraction of sp³-hybridized carbons (Fsp3) is 0.375. The van der Waals surface area contributed by atoms with Crippen molar-refractivity contribution in [3.63, 3.8) is 0 Å². The van der Waals surface area contributed by atoms with E-state index in [1.807, 2.05) is 0 Å². The molecule has 0 amide bonds. The quantitative estimate of drug-likeness (QED) is 0.748. The molecule has 0 aliphatic carbocycles. The molecule has 6 heteroatoms. The Morgan fingerprint density at radius 2 is 2.21 bits per heavy atom. The van der Waals surface area contributed by atoms with E-state index >= 15 is 0 Å². The molecule has 76 valence electrons. The van der Waals surface area contributed by atoms with Crippen LogP contribution in [-0.4, -0.2) is 27.3 Å². The Morgan fingerprint density at radius 1 is 1.57 bits per heavy atom. The molecule has 0 aromatic carbocycles. The molecular weight excluding hydrogens is 190 g/mol. The number of carboxylic acid groups (broad SMARTS) is 2. The van der Waals surface area contributed by atoms with Crippen molar-refractivity contribution in [2.45, 2.75) is 19.3 Å². The molecule has 0 saturated carbocycles. The zero-order chi connectivity index (χ0) is 10.7. The molecule has 1 rings (SSSR count). The summed E-state index contributed by atoms with van der Waals surface area (Å²) in [7, 11) is 0. The first-order valence-corrected chi connectivity index (χ1v) is 3.92. The Hall–Kier alpha value is -1.85. The number of aromatic carboxylic acids is 1. The maximum Gasteiger partial charge on any atom is 0.358 e. The predicted octanol–water partition coefficient (Wildman–Crippen LogP) is 0.951. The largest absolute Gasteiger partial charge is 0.481 e. The number of carbonyl (C=O) groups is 2. The Balaban J connectivity index is 2.76. The highest BCUT2D eigenvalue weighted by Gasteiger charge is 2.17. The molecule has 2 N–H and O–H groups in total. The summed E-state index contributed by atoms with van der Waals surface area (Å²) in [6.45, 7) is 1.63. The van der Waals surface area contributed by atoms with E-state index in [9.17, 15) is 9.59 Å². The SMILES string of the molecule is CC(CC(=O)O)c1cc(C(=O)O)no1. The van der Waals surface area contributed by atoms with Gasteiger partial charge in [0.15, 0.2) is 5.69 Å². The third-order valence-corrected chi connectivity index (χ3v) is 1.71. The van der Waals surface area contributed by atoms with Crippen molar-refractivity contribution in [1.29, 1.82) is 0 Å². The number of carboxylic acids is 2. The second-order valence-corrected chi connectivity index (χ2v) is 2.92. The smallest absolute Gasteiger partial charge is 0.358 e. The van der Waals surface area contributed by atoms with Crippen LogP contribution in [0.3, 0.4) is 0 Å². The van der Waals surface area contributed by atoms with Crippen molar-refractivity contribution in [3.05, 3.63) is 17.5 Å². The van der Waals surface area contributed by atoms with Gasteiger partial charge in [-0.3, -0.25) is 4.79 Å². The molecule has 0 bridgehead atoms. The molecule has 1 heterocycles. The van der Waals surface area contributed by atoms with Gasteiger partial charge in [-0.05, 0) is 0 Å². The van der Waals surface area contributed by atoms with Crippen LogP contribution in [0.2, 0.25) is 0 Å². The first kappa shape index (κ1) is 10.2. The minimum absolute atomic E-state index is 0.117. The fourth-order valence-electron chi connectivity index (χ4n) is 0.985. The molecule has 6 nitrogen and oxygen atoms in total. The molecule has 0 aliphatic heterocycles. The second kappa shape index (κ2) is 3.91. The molecular formula is C8H9NO5. The van der Waals surface area contributed by atoms with Gasteiger partial charge in [0.1, 0.15) is 5.76 Å². The summed E-state index contributed by atoms with van der Waals surface area (Å²) in [4.78, 5) is 20.8. The number of rotatable bonds is 4. The molecule has 1 unspecified atom stereocenters. The topological polar surface area (TPSA) is 101 Å². The Bertz CT molecular complexity index is 356. The molecule has 1 aromatic rings. The van der Waals surface area contributed by atoms with Gasteiger partial charge in [0.05, 0.1) is 6.42 Å². The molecule has 14 heavy (non-hydrogen) atoms. The lowest BCUT2D eigenvalue weighted by atomic mass is 10.1. The zero-order valence-electron chi connectivity index (χ0n) is 7.43. The highest BCUT2D eigenvalue weighted by atomic mass is 16.5. The van der Waals surface area contributed by atoms with Gasteiger partial charge < -0.3 is 14.7 Å². The number of nitrogens with zero attached hydrogens (tertiary/aromatic N) is 1. The van der Waals surface area contributed by atoms with Crippen LogP contribution in [0, 0.1) is 0 Å². The number of hydrogen-bond donors (Lipinski definition) is 2. The maximum absolute atomic E-state index is 10.4. The third kappa shape index (κ3) is 2.32. The molecule has 0 spiro atoms. The first-order chi connectivity index (χ1) is 6.50. The third-order valence-electron chi connectivity index (χ3n) is 1.71. The fourth-order valence-corrected chi connectivity index (χ4v) is 0.985. The zero-order valence-corrected chi connectivity index (χ0v) is 7.43. The second-order valence-electron chi connectivity index (χ2n) is 2.92. The molecule has 0 radical (unpaired) electrons. The first-order valence-electron chi connectivity index (χ1n) is 3.92. The van der Waals surface area contributed by atoms with Gasteiger partial charge in [-0.2, -0.15) is 0 Å². The van der Waals surface area contributed by atoms with Gasteiger partial charge >= 0.3 is 11.9 Å². The highest BCUT2D eigenvalue weighted by Crippen LogP contribution is 2.19. The lowest BCUT2D eigenvalue weighted by molar-refractivity contribution is -0.137. The monoisotopic (exact) mass is 199 g/mol. The van der Waals surface area contributed by atoms with Crippen LogP contribution < -0.4 is 0 Å². The lowest BCUT2D eigenvalue weighted by Gasteiger charge is -2.01. The van der Waals surface area contributed by atoms with E-state index in [0.717, 1.165) is 0 Å². The minimum atomic E-state index is -1.19. The predicted molar refractivity (Wildman–Crippen MR) is 44.1 cm³/mol. The lowest BCUT2D eigenvalue weighted by Crippen LogP contribution is -2.01. The number of hydrogen-bond acceptors (Lipinski definition) is 4. The number of aliphatic carboxylic acids is 1. The van der Waals surface area contributed by atoms with Crippen LogP contribution in [-0.2, 0) is 4.79 Å². The van der Waals surface area contributed by atoms with Crippen molar-refractivity contribution in [2.24, 2.45) is 0 Å². The van der Waals surface area contributed by atoms with E-state index in [-0.39, 0.29) is 23.8 Å². The van der Waals surface area contributed by atoms with E-state index in [4.69, 9.17) is 14.7 Å². The van der Waals surface area contributed by atoms with Crippen molar-refractivity contribution in [2.75, 3.05) is 0 Å². The summed E-state index contributed by atoms with van der Waals surface area (Å²) in [5.74, 6) is -2.27. The van der Waals surface area contributed by atoms with Crippen LogP contribution in [0.1, 0.15) is 35.5 Å². The average molecular weight is 199 g/mol. The molecule has 0 saturated heterocycles. The van der Waals surface area contributed by atoms with Crippen LogP contribution in [0.25, 0.3) is 0 Å². The highest BCUT2D eigenvalue weighted by molar-refractivity contribution is 5.85. The Kier molecular flexibility index (Phi) is 2.85. The summed E-state index contributed by atoms with van der Waals surface area (Å²) in [6, 6.07) is 1.23. The Morgan fingerprint density at radius 3 is 2.64 bits per heavy atom. The van der Waals surface area contributed by atoms with E-state index in [1.165, 1.54) is 6.07 Å². The summed E-state index contributed by atoms with van der Waals surface area (Å²) >= 11 is 0. The van der Waals surface area contributed by atoms with Crippen LogP contribution in [0.15, 0.2) is 10.6 Å². The maximum atomic E-state index is 10.4. The summed E-state index contributed by atoms with van der Waals surface area (Å²) in [5.41, 5.74) is -0.211. The van der Waals surface area contributed by atoms with Crippen molar-refractivity contribution in [3.8, 4) is 0 Å². The van der Waals surface area contributed by atoms with Gasteiger partial charge in [-0.25, -0.2) is 4.79 Å². The van der Waals surface area contributed by atoms with Crippen LogP contribution in [0.4, 0.5) is 0 Å². The van der Waals surface area contributed by atoms with Crippen LogP contribution in [0.5, 0.6) is 0 Å². The van der Waals surface area contributed by atoms with Gasteiger partial charge in [0, 0.05) is 12.0 Å². The van der Waals surface area contributed by atoms with E-state index in [0.29, 0.717) is 0 Å². The normalized spacial score (nSPS) is 12.4. The summed E-state index contributed by atoms with van der Waals surface area (Å²) in [5, 5.41) is 20.3. The molecule has 1 atom stereocenters. The van der Waals surface area contributed by atoms with Gasteiger partial charge in [0.2, 0.25) is 0 Å². The molecule has 1 aromatic heterocycles. The summed E-state index contributed by atoms with van der Waals surface area (Å²) in [6.07, 6.45) is -0.117. The van der Waals surface area contributed by atoms with Gasteiger partial charge in [-0.1, -0.05) is 12.1 Å². The van der Waals surface area contributed by atoms with Crippen LogP contribution >= 0.6 is 0 Å². The van der Waals surface area contributed by atoms with Crippen molar-refractivity contribution in [1.82, 2.24) is 5.16 Å². The van der Waals surface area contributed by atoms with Crippen molar-refractivity contribution >= 4 is 11.9 Å². The average Bonchev–Trinajstić information content (AvgIpc) is 2.50.